The molecule has 1 aromatic heterocycles. The molecule has 0 saturated carbocycles. The van der Waals surface area contributed by atoms with Crippen LogP contribution in [0.25, 0.3) is 0 Å². The van der Waals surface area contributed by atoms with Crippen LogP contribution in [0.5, 0.6) is 0 Å². The quantitative estimate of drug-likeness (QED) is 0.933. The normalized spacial score (nSPS) is 12.7. The molecule has 0 saturated heterocycles. The van der Waals surface area contributed by atoms with Gasteiger partial charge in [-0.3, -0.25) is 4.68 Å². The Labute approximate surface area is 120 Å². The third-order valence-corrected chi connectivity index (χ3v) is 3.98. The van der Waals surface area contributed by atoms with Crippen LogP contribution in [0.4, 0.5) is 0 Å². The van der Waals surface area contributed by atoms with Gasteiger partial charge < -0.3 is 5.32 Å². The molecule has 18 heavy (non-hydrogen) atoms. The topological polar surface area (TPSA) is 29.9 Å². The van der Waals surface area contributed by atoms with E-state index in [-0.39, 0.29) is 6.04 Å². The maximum atomic E-state index is 6.20. The van der Waals surface area contributed by atoms with Crippen molar-refractivity contribution in [1.82, 2.24) is 15.1 Å². The van der Waals surface area contributed by atoms with Crippen LogP contribution in [0, 0.1) is 0 Å². The molecule has 0 aliphatic carbocycles. The number of hydrogen-bond donors (Lipinski definition) is 1. The molecule has 0 aliphatic heterocycles. The van der Waals surface area contributed by atoms with Crippen molar-refractivity contribution < 1.29 is 0 Å². The second-order valence-corrected chi connectivity index (χ2v) is 5.40. The van der Waals surface area contributed by atoms with Crippen LogP contribution >= 0.6 is 27.5 Å². The van der Waals surface area contributed by atoms with Gasteiger partial charge in [-0.1, -0.05) is 29.8 Å². The number of halogens is 2. The van der Waals surface area contributed by atoms with Gasteiger partial charge in [0.2, 0.25) is 0 Å². The first kappa shape index (κ1) is 13.6. The Hall–Kier alpha value is -0.840. The Morgan fingerprint density at radius 3 is 2.72 bits per heavy atom. The van der Waals surface area contributed by atoms with Crippen molar-refractivity contribution in [2.24, 2.45) is 7.05 Å². The molecule has 0 radical (unpaired) electrons. The van der Waals surface area contributed by atoms with Crippen LogP contribution < -0.4 is 5.32 Å². The summed E-state index contributed by atoms with van der Waals surface area (Å²) in [4.78, 5) is 0. The van der Waals surface area contributed by atoms with E-state index in [1.165, 1.54) is 0 Å². The minimum Gasteiger partial charge on any atom is -0.311 e. The van der Waals surface area contributed by atoms with E-state index in [1.807, 2.05) is 43.2 Å². The van der Waals surface area contributed by atoms with Crippen LogP contribution in [-0.2, 0) is 13.5 Å². The van der Waals surface area contributed by atoms with Crippen molar-refractivity contribution in [3.63, 3.8) is 0 Å². The van der Waals surface area contributed by atoms with Crippen LogP contribution in [0.2, 0.25) is 5.02 Å². The lowest BCUT2D eigenvalue weighted by atomic mass is 10.0. The molecule has 2 aromatic rings. The lowest BCUT2D eigenvalue weighted by molar-refractivity contribution is 0.535. The fourth-order valence-corrected chi connectivity index (χ4v) is 2.87. The summed E-state index contributed by atoms with van der Waals surface area (Å²) in [6.07, 6.45) is 2.64. The standard InChI is InChI=1S/C13H15BrClN3/c1-16-12(13-10(14)8-17-18(13)2)7-9-5-3-4-6-11(9)15/h3-6,8,12,16H,7H2,1-2H3. The minimum absolute atomic E-state index is 0.173. The molecule has 1 aromatic carbocycles. The third kappa shape index (κ3) is 2.76. The number of rotatable bonds is 4. The van der Waals surface area contributed by atoms with E-state index >= 15 is 0 Å². The van der Waals surface area contributed by atoms with Gasteiger partial charge in [0, 0.05) is 12.1 Å². The van der Waals surface area contributed by atoms with Gasteiger partial charge in [0.15, 0.2) is 0 Å². The SMILES string of the molecule is CNC(Cc1ccccc1Cl)c1c(Br)cnn1C. The monoisotopic (exact) mass is 327 g/mol. The van der Waals surface area contributed by atoms with Gasteiger partial charge in [-0.25, -0.2) is 0 Å². The van der Waals surface area contributed by atoms with E-state index in [0.29, 0.717) is 0 Å². The molecule has 0 bridgehead atoms. The molecule has 1 N–H and O–H groups in total. The van der Waals surface area contributed by atoms with E-state index in [9.17, 15) is 0 Å². The zero-order valence-corrected chi connectivity index (χ0v) is 12.7. The Morgan fingerprint density at radius 2 is 2.17 bits per heavy atom. The van der Waals surface area contributed by atoms with Crippen molar-refractivity contribution >= 4 is 27.5 Å². The summed E-state index contributed by atoms with van der Waals surface area (Å²) < 4.78 is 2.89. The van der Waals surface area contributed by atoms with E-state index in [4.69, 9.17) is 11.6 Å². The Balaban J connectivity index is 2.28. The minimum atomic E-state index is 0.173. The predicted octanol–water partition coefficient (Wildman–Crippen LogP) is 3.34. The fourth-order valence-electron chi connectivity index (χ4n) is 2.03. The molecule has 2 rings (SSSR count). The smallest absolute Gasteiger partial charge is 0.0695 e. The van der Waals surface area contributed by atoms with Gasteiger partial charge in [0.05, 0.1) is 22.4 Å². The van der Waals surface area contributed by atoms with Crippen LogP contribution in [0.15, 0.2) is 34.9 Å². The third-order valence-electron chi connectivity index (χ3n) is 3.00. The second-order valence-electron chi connectivity index (χ2n) is 4.14. The maximum absolute atomic E-state index is 6.20. The highest BCUT2D eigenvalue weighted by Crippen LogP contribution is 2.27. The van der Waals surface area contributed by atoms with Gasteiger partial charge in [0.25, 0.3) is 0 Å². The summed E-state index contributed by atoms with van der Waals surface area (Å²) >= 11 is 9.74. The Kier molecular flexibility index (Phi) is 4.43. The van der Waals surface area contributed by atoms with Gasteiger partial charge in [0.1, 0.15) is 0 Å². The van der Waals surface area contributed by atoms with Crippen molar-refractivity contribution in [3.05, 3.63) is 51.2 Å². The first-order valence-corrected chi connectivity index (χ1v) is 6.88. The number of likely N-dealkylation sites (N-methyl/N-ethyl adjacent to an activating group) is 1. The predicted molar refractivity (Wildman–Crippen MR) is 77.9 cm³/mol. The van der Waals surface area contributed by atoms with Crippen LogP contribution in [0.1, 0.15) is 17.3 Å². The summed E-state index contributed by atoms with van der Waals surface area (Å²) in [7, 11) is 3.89. The van der Waals surface area contributed by atoms with Crippen LogP contribution in [-0.4, -0.2) is 16.8 Å². The molecule has 1 unspecified atom stereocenters. The number of benzene rings is 1. The van der Waals surface area contributed by atoms with E-state index in [0.717, 1.165) is 27.2 Å². The van der Waals surface area contributed by atoms with E-state index in [1.54, 1.807) is 0 Å². The number of hydrogen-bond acceptors (Lipinski definition) is 2. The lowest BCUT2D eigenvalue weighted by Crippen LogP contribution is -2.22. The summed E-state index contributed by atoms with van der Waals surface area (Å²) in [5, 5.41) is 8.36. The van der Waals surface area contributed by atoms with Crippen molar-refractivity contribution in [2.45, 2.75) is 12.5 Å². The fraction of sp³-hybridized carbons (Fsp3) is 0.308. The van der Waals surface area contributed by atoms with E-state index in [2.05, 4.69) is 32.4 Å². The summed E-state index contributed by atoms with van der Waals surface area (Å²) in [6.45, 7) is 0. The maximum Gasteiger partial charge on any atom is 0.0695 e. The van der Waals surface area contributed by atoms with Crippen LogP contribution in [0.3, 0.4) is 0 Å². The highest BCUT2D eigenvalue weighted by molar-refractivity contribution is 9.10. The Morgan fingerprint density at radius 1 is 1.44 bits per heavy atom. The first-order chi connectivity index (χ1) is 8.63. The van der Waals surface area contributed by atoms with Gasteiger partial charge in [-0.15, -0.1) is 0 Å². The number of aryl methyl sites for hydroxylation is 1. The average molecular weight is 329 g/mol. The highest BCUT2D eigenvalue weighted by atomic mass is 79.9. The molecular formula is C13H15BrClN3. The van der Waals surface area contributed by atoms with Gasteiger partial charge in [-0.05, 0) is 41.0 Å². The zero-order valence-electron chi connectivity index (χ0n) is 10.3. The highest BCUT2D eigenvalue weighted by Gasteiger charge is 2.18. The molecule has 0 aliphatic rings. The summed E-state index contributed by atoms with van der Waals surface area (Å²) in [6, 6.07) is 8.09. The molecule has 0 spiro atoms. The lowest BCUT2D eigenvalue weighted by Gasteiger charge is -2.18. The van der Waals surface area contributed by atoms with Crippen molar-refractivity contribution in [2.75, 3.05) is 7.05 Å². The molecule has 3 nitrogen and oxygen atoms in total. The number of aromatic nitrogens is 2. The molecule has 1 heterocycles. The summed E-state index contributed by atoms with van der Waals surface area (Å²) in [5.41, 5.74) is 2.25. The molecule has 1 atom stereocenters. The molecule has 5 heteroatoms. The second kappa shape index (κ2) is 5.87. The van der Waals surface area contributed by atoms with Crippen molar-refractivity contribution in [1.29, 1.82) is 0 Å². The average Bonchev–Trinajstić information content (AvgIpc) is 2.69. The van der Waals surface area contributed by atoms with Gasteiger partial charge in [-0.2, -0.15) is 5.10 Å². The molecule has 0 fully saturated rings. The molecule has 96 valence electrons. The largest absolute Gasteiger partial charge is 0.311 e. The Bertz CT molecular complexity index is 519. The number of nitrogens with one attached hydrogen (secondary N) is 1. The summed E-state index contributed by atoms with van der Waals surface area (Å²) in [5.74, 6) is 0. The molecular weight excluding hydrogens is 314 g/mol. The van der Waals surface area contributed by atoms with Gasteiger partial charge >= 0.3 is 0 Å². The van der Waals surface area contributed by atoms with E-state index < -0.39 is 0 Å². The number of nitrogens with zero attached hydrogens (tertiary/aromatic N) is 2. The zero-order chi connectivity index (χ0) is 13.1. The molecule has 0 amide bonds. The first-order valence-electron chi connectivity index (χ1n) is 5.71. The van der Waals surface area contributed by atoms with Crippen molar-refractivity contribution in [3.8, 4) is 0 Å².